The van der Waals surface area contributed by atoms with E-state index in [1.165, 1.54) is 5.56 Å². The van der Waals surface area contributed by atoms with Gasteiger partial charge in [-0.15, -0.1) is 11.6 Å². The Morgan fingerprint density at radius 1 is 1.00 bits per heavy atom. The Morgan fingerprint density at radius 3 is 2.33 bits per heavy atom. The molecule has 1 unspecified atom stereocenters. The Kier molecular flexibility index (Phi) is 3.36. The van der Waals surface area contributed by atoms with Gasteiger partial charge in [-0.25, -0.2) is 0 Å². The van der Waals surface area contributed by atoms with Crippen molar-refractivity contribution in [1.82, 2.24) is 4.98 Å². The van der Waals surface area contributed by atoms with Crippen LogP contribution in [0.2, 0.25) is 0 Å². The zero-order chi connectivity index (χ0) is 10.5. The summed E-state index contributed by atoms with van der Waals surface area (Å²) in [6, 6.07) is 14.1. The van der Waals surface area contributed by atoms with Crippen molar-refractivity contribution in [2.24, 2.45) is 0 Å². The quantitative estimate of drug-likeness (QED) is 0.716. The summed E-state index contributed by atoms with van der Waals surface area (Å²) in [4.78, 5) is 3.98. The van der Waals surface area contributed by atoms with Crippen molar-refractivity contribution in [3.8, 4) is 0 Å². The van der Waals surface area contributed by atoms with E-state index in [1.54, 1.807) is 12.4 Å². The molecule has 1 aromatic carbocycles. The van der Waals surface area contributed by atoms with E-state index in [4.69, 9.17) is 11.6 Å². The molecule has 0 fully saturated rings. The molecule has 0 amide bonds. The molecular weight excluding hydrogens is 206 g/mol. The zero-order valence-corrected chi connectivity index (χ0v) is 9.06. The molecule has 0 radical (unpaired) electrons. The van der Waals surface area contributed by atoms with Crippen LogP contribution in [0.4, 0.5) is 0 Å². The molecule has 1 atom stereocenters. The molecule has 15 heavy (non-hydrogen) atoms. The standard InChI is InChI=1S/C13H12ClN/c14-13(12-4-2-1-3-5-12)10-11-6-8-15-9-7-11/h1-9,13H,10H2. The normalized spacial score (nSPS) is 12.3. The predicted octanol–water partition coefficient (Wildman–Crippen LogP) is 3.60. The SMILES string of the molecule is ClC(Cc1ccncc1)c1ccccc1. The molecule has 2 rings (SSSR count). The third kappa shape index (κ3) is 2.80. The van der Waals surface area contributed by atoms with Crippen molar-refractivity contribution in [2.45, 2.75) is 11.8 Å². The second kappa shape index (κ2) is 4.94. The molecule has 0 spiro atoms. The first-order chi connectivity index (χ1) is 7.36. The largest absolute Gasteiger partial charge is 0.265 e. The van der Waals surface area contributed by atoms with Gasteiger partial charge < -0.3 is 0 Å². The Bertz CT molecular complexity index is 399. The van der Waals surface area contributed by atoms with Gasteiger partial charge in [0.2, 0.25) is 0 Å². The lowest BCUT2D eigenvalue weighted by Gasteiger charge is -2.09. The van der Waals surface area contributed by atoms with Gasteiger partial charge >= 0.3 is 0 Å². The number of hydrogen-bond acceptors (Lipinski definition) is 1. The van der Waals surface area contributed by atoms with Crippen LogP contribution in [-0.2, 0) is 6.42 Å². The molecular formula is C13H12ClN. The summed E-state index contributed by atoms with van der Waals surface area (Å²) >= 11 is 6.32. The van der Waals surface area contributed by atoms with Crippen LogP contribution in [0.5, 0.6) is 0 Å². The minimum absolute atomic E-state index is 0.0357. The highest BCUT2D eigenvalue weighted by Gasteiger charge is 2.07. The summed E-state index contributed by atoms with van der Waals surface area (Å²) in [6.07, 6.45) is 4.43. The maximum atomic E-state index is 6.32. The Balaban J connectivity index is 2.08. The molecule has 0 saturated carbocycles. The van der Waals surface area contributed by atoms with Crippen LogP contribution in [-0.4, -0.2) is 4.98 Å². The van der Waals surface area contributed by atoms with Gasteiger partial charge in [0.15, 0.2) is 0 Å². The van der Waals surface area contributed by atoms with Crippen LogP contribution in [0.15, 0.2) is 54.9 Å². The number of rotatable bonds is 3. The fraction of sp³-hybridized carbons (Fsp3) is 0.154. The highest BCUT2D eigenvalue weighted by molar-refractivity contribution is 6.20. The van der Waals surface area contributed by atoms with Crippen molar-refractivity contribution in [1.29, 1.82) is 0 Å². The second-order valence-electron chi connectivity index (χ2n) is 3.44. The van der Waals surface area contributed by atoms with Crippen LogP contribution in [0, 0.1) is 0 Å². The number of aromatic nitrogens is 1. The van der Waals surface area contributed by atoms with E-state index in [0.717, 1.165) is 12.0 Å². The summed E-state index contributed by atoms with van der Waals surface area (Å²) in [5.74, 6) is 0. The first-order valence-electron chi connectivity index (χ1n) is 4.94. The topological polar surface area (TPSA) is 12.9 Å². The first-order valence-corrected chi connectivity index (χ1v) is 5.38. The van der Waals surface area contributed by atoms with Gasteiger partial charge in [-0.05, 0) is 29.7 Å². The van der Waals surface area contributed by atoms with Crippen LogP contribution in [0.25, 0.3) is 0 Å². The molecule has 2 heteroatoms. The lowest BCUT2D eigenvalue weighted by Crippen LogP contribution is -1.95. The molecule has 0 aliphatic heterocycles. The predicted molar refractivity (Wildman–Crippen MR) is 63.0 cm³/mol. The van der Waals surface area contributed by atoms with E-state index in [-0.39, 0.29) is 5.38 Å². The summed E-state index contributed by atoms with van der Waals surface area (Å²) in [6.45, 7) is 0. The van der Waals surface area contributed by atoms with Crippen LogP contribution < -0.4 is 0 Å². The average Bonchev–Trinajstić information content (AvgIpc) is 2.31. The summed E-state index contributed by atoms with van der Waals surface area (Å²) < 4.78 is 0. The van der Waals surface area contributed by atoms with Crippen molar-refractivity contribution in [2.75, 3.05) is 0 Å². The van der Waals surface area contributed by atoms with Crippen molar-refractivity contribution < 1.29 is 0 Å². The summed E-state index contributed by atoms with van der Waals surface area (Å²) in [7, 11) is 0. The minimum atomic E-state index is 0.0357. The van der Waals surface area contributed by atoms with E-state index >= 15 is 0 Å². The minimum Gasteiger partial charge on any atom is -0.265 e. The van der Waals surface area contributed by atoms with Crippen molar-refractivity contribution in [3.63, 3.8) is 0 Å². The van der Waals surface area contributed by atoms with E-state index in [2.05, 4.69) is 17.1 Å². The molecule has 0 saturated heterocycles. The maximum absolute atomic E-state index is 6.32. The number of pyridine rings is 1. The van der Waals surface area contributed by atoms with Gasteiger partial charge in [-0.1, -0.05) is 30.3 Å². The third-order valence-corrected chi connectivity index (χ3v) is 2.73. The molecule has 76 valence electrons. The number of nitrogens with zero attached hydrogens (tertiary/aromatic N) is 1. The van der Waals surface area contributed by atoms with Crippen LogP contribution >= 0.6 is 11.6 Å². The Morgan fingerprint density at radius 2 is 1.67 bits per heavy atom. The van der Waals surface area contributed by atoms with Crippen LogP contribution in [0.1, 0.15) is 16.5 Å². The molecule has 0 aliphatic carbocycles. The number of hydrogen-bond donors (Lipinski definition) is 0. The zero-order valence-electron chi connectivity index (χ0n) is 8.31. The second-order valence-corrected chi connectivity index (χ2v) is 3.96. The molecule has 0 N–H and O–H groups in total. The molecule has 1 aromatic heterocycles. The first kappa shape index (κ1) is 10.2. The van der Waals surface area contributed by atoms with E-state index in [0.29, 0.717) is 0 Å². The summed E-state index contributed by atoms with van der Waals surface area (Å²) in [5, 5.41) is 0.0357. The number of alkyl halides is 1. The van der Waals surface area contributed by atoms with Gasteiger partial charge in [-0.2, -0.15) is 0 Å². The fourth-order valence-electron chi connectivity index (χ4n) is 1.51. The monoisotopic (exact) mass is 217 g/mol. The molecule has 2 aromatic rings. The van der Waals surface area contributed by atoms with Gasteiger partial charge in [0.25, 0.3) is 0 Å². The van der Waals surface area contributed by atoms with Gasteiger partial charge in [0, 0.05) is 12.4 Å². The highest BCUT2D eigenvalue weighted by atomic mass is 35.5. The molecule has 1 nitrogen and oxygen atoms in total. The molecule has 0 bridgehead atoms. The van der Waals surface area contributed by atoms with E-state index < -0.39 is 0 Å². The number of halogens is 1. The van der Waals surface area contributed by atoms with Gasteiger partial charge in [0.05, 0.1) is 5.38 Å². The average molecular weight is 218 g/mol. The lowest BCUT2D eigenvalue weighted by atomic mass is 10.1. The Hall–Kier alpha value is -1.34. The van der Waals surface area contributed by atoms with Gasteiger partial charge in [-0.3, -0.25) is 4.98 Å². The Labute approximate surface area is 94.7 Å². The van der Waals surface area contributed by atoms with Crippen molar-refractivity contribution in [3.05, 3.63) is 66.0 Å². The number of benzene rings is 1. The molecule has 1 heterocycles. The summed E-state index contributed by atoms with van der Waals surface area (Å²) in [5.41, 5.74) is 2.38. The highest BCUT2D eigenvalue weighted by Crippen LogP contribution is 2.24. The van der Waals surface area contributed by atoms with Gasteiger partial charge in [0.1, 0.15) is 0 Å². The smallest absolute Gasteiger partial charge is 0.0625 e. The van der Waals surface area contributed by atoms with E-state index in [9.17, 15) is 0 Å². The van der Waals surface area contributed by atoms with E-state index in [1.807, 2.05) is 30.3 Å². The van der Waals surface area contributed by atoms with Crippen molar-refractivity contribution >= 4 is 11.6 Å². The van der Waals surface area contributed by atoms with Crippen LogP contribution in [0.3, 0.4) is 0 Å². The maximum Gasteiger partial charge on any atom is 0.0625 e. The third-order valence-electron chi connectivity index (χ3n) is 2.33. The lowest BCUT2D eigenvalue weighted by molar-refractivity contribution is 0.916. The molecule has 0 aliphatic rings. The fourth-order valence-corrected chi connectivity index (χ4v) is 1.83.